The van der Waals surface area contributed by atoms with Crippen LogP contribution in [0.5, 0.6) is 5.75 Å². The number of halogens is 1. The van der Waals surface area contributed by atoms with Crippen molar-refractivity contribution in [2.24, 2.45) is 5.92 Å². The van der Waals surface area contributed by atoms with E-state index in [9.17, 15) is 4.79 Å². The van der Waals surface area contributed by atoms with E-state index in [2.05, 4.69) is 28.8 Å². The maximum absolute atomic E-state index is 12.1. The molecule has 0 saturated carbocycles. The number of piperidine rings is 1. The summed E-state index contributed by atoms with van der Waals surface area (Å²) in [5.74, 6) is 1.41. The molecular formula is C22H29ClN2O2. The minimum absolute atomic E-state index is 0. The molecule has 4 nitrogen and oxygen atoms in total. The summed E-state index contributed by atoms with van der Waals surface area (Å²) in [6.07, 6.45) is 4.32. The standard InChI is InChI=1S/C22H28N2O2.ClH/c25-22(24-14-12-19-9-6-13-23-16-19)17-26-21-11-5-4-10-20(21)15-18-7-2-1-3-8-18;/h1-5,7-8,10-11,19,23H,6,9,12-17H2,(H,24,25);1H. The first-order valence-electron chi connectivity index (χ1n) is 9.53. The third-order valence-electron chi connectivity index (χ3n) is 4.84. The topological polar surface area (TPSA) is 50.4 Å². The zero-order valence-corrected chi connectivity index (χ0v) is 16.5. The highest BCUT2D eigenvalue weighted by Crippen LogP contribution is 2.21. The van der Waals surface area contributed by atoms with E-state index in [1.165, 1.54) is 18.4 Å². The molecule has 0 radical (unpaired) electrons. The first kappa shape index (κ1) is 21.3. The van der Waals surface area contributed by atoms with Crippen molar-refractivity contribution in [3.8, 4) is 5.75 Å². The van der Waals surface area contributed by atoms with Crippen molar-refractivity contribution in [2.75, 3.05) is 26.2 Å². The Morgan fingerprint density at radius 2 is 1.89 bits per heavy atom. The lowest BCUT2D eigenvalue weighted by Crippen LogP contribution is -2.34. The number of carbonyl (C=O) groups is 1. The molecule has 146 valence electrons. The lowest BCUT2D eigenvalue weighted by atomic mass is 9.96. The molecule has 27 heavy (non-hydrogen) atoms. The molecule has 1 aliphatic rings. The Morgan fingerprint density at radius 3 is 2.67 bits per heavy atom. The molecule has 2 aromatic rings. The van der Waals surface area contributed by atoms with Crippen molar-refractivity contribution in [1.29, 1.82) is 0 Å². The first-order chi connectivity index (χ1) is 12.8. The van der Waals surface area contributed by atoms with Crippen LogP contribution in [0.2, 0.25) is 0 Å². The van der Waals surface area contributed by atoms with Gasteiger partial charge in [0.2, 0.25) is 0 Å². The quantitative estimate of drug-likeness (QED) is 0.726. The highest BCUT2D eigenvalue weighted by atomic mass is 35.5. The van der Waals surface area contributed by atoms with Gasteiger partial charge in [-0.15, -0.1) is 12.4 Å². The molecule has 0 spiro atoms. The van der Waals surface area contributed by atoms with Crippen LogP contribution in [-0.2, 0) is 11.2 Å². The monoisotopic (exact) mass is 388 g/mol. The van der Waals surface area contributed by atoms with E-state index in [4.69, 9.17) is 4.74 Å². The summed E-state index contributed by atoms with van der Waals surface area (Å²) in [5.41, 5.74) is 2.33. The van der Waals surface area contributed by atoms with E-state index in [0.717, 1.165) is 43.8 Å². The largest absolute Gasteiger partial charge is 0.483 e. The number of ether oxygens (including phenoxy) is 1. The highest BCUT2D eigenvalue weighted by Gasteiger charge is 2.13. The molecule has 0 aromatic heterocycles. The fourth-order valence-corrected chi connectivity index (χ4v) is 3.39. The Bertz CT molecular complexity index is 688. The van der Waals surface area contributed by atoms with Gasteiger partial charge in [0.05, 0.1) is 0 Å². The van der Waals surface area contributed by atoms with Crippen molar-refractivity contribution in [2.45, 2.75) is 25.7 Å². The van der Waals surface area contributed by atoms with E-state index < -0.39 is 0 Å². The number of carbonyl (C=O) groups excluding carboxylic acids is 1. The minimum atomic E-state index is -0.0525. The second-order valence-corrected chi connectivity index (χ2v) is 6.91. The van der Waals surface area contributed by atoms with Gasteiger partial charge < -0.3 is 15.4 Å². The number of nitrogens with one attached hydrogen (secondary N) is 2. The molecule has 2 N–H and O–H groups in total. The zero-order valence-electron chi connectivity index (χ0n) is 15.7. The predicted molar refractivity (Wildman–Crippen MR) is 112 cm³/mol. The van der Waals surface area contributed by atoms with Gasteiger partial charge in [-0.25, -0.2) is 0 Å². The predicted octanol–water partition coefficient (Wildman–Crippen LogP) is 3.58. The zero-order chi connectivity index (χ0) is 18.0. The van der Waals surface area contributed by atoms with Crippen molar-refractivity contribution < 1.29 is 9.53 Å². The third-order valence-corrected chi connectivity index (χ3v) is 4.84. The average Bonchev–Trinajstić information content (AvgIpc) is 2.69. The lowest BCUT2D eigenvalue weighted by Gasteiger charge is -2.22. The van der Waals surface area contributed by atoms with Gasteiger partial charge in [-0.1, -0.05) is 48.5 Å². The van der Waals surface area contributed by atoms with Gasteiger partial charge in [-0.05, 0) is 55.5 Å². The van der Waals surface area contributed by atoms with Gasteiger partial charge in [-0.2, -0.15) is 0 Å². The van der Waals surface area contributed by atoms with Crippen LogP contribution in [-0.4, -0.2) is 32.1 Å². The molecular weight excluding hydrogens is 360 g/mol. The molecule has 2 aromatic carbocycles. The van der Waals surface area contributed by atoms with Gasteiger partial charge in [0.15, 0.2) is 6.61 Å². The number of benzene rings is 2. The number of para-hydroxylation sites is 1. The van der Waals surface area contributed by atoms with Crippen molar-refractivity contribution >= 4 is 18.3 Å². The van der Waals surface area contributed by atoms with Crippen molar-refractivity contribution in [3.05, 3.63) is 65.7 Å². The number of hydrogen-bond acceptors (Lipinski definition) is 3. The number of hydrogen-bond donors (Lipinski definition) is 2. The molecule has 1 aliphatic heterocycles. The lowest BCUT2D eigenvalue weighted by molar-refractivity contribution is -0.123. The van der Waals surface area contributed by atoms with E-state index in [-0.39, 0.29) is 24.9 Å². The van der Waals surface area contributed by atoms with Gasteiger partial charge >= 0.3 is 0 Å². The van der Waals surface area contributed by atoms with E-state index in [0.29, 0.717) is 5.92 Å². The molecule has 3 rings (SSSR count). The van der Waals surface area contributed by atoms with Crippen LogP contribution in [0.3, 0.4) is 0 Å². The molecule has 1 fully saturated rings. The highest BCUT2D eigenvalue weighted by molar-refractivity contribution is 5.85. The Labute approximate surface area is 168 Å². The minimum Gasteiger partial charge on any atom is -0.483 e. The summed E-state index contributed by atoms with van der Waals surface area (Å²) in [6, 6.07) is 18.2. The van der Waals surface area contributed by atoms with Crippen LogP contribution < -0.4 is 15.4 Å². The van der Waals surface area contributed by atoms with Crippen molar-refractivity contribution in [3.63, 3.8) is 0 Å². The Kier molecular flexibility index (Phi) is 9.16. The van der Waals surface area contributed by atoms with Crippen LogP contribution in [0.15, 0.2) is 54.6 Å². The Morgan fingerprint density at radius 1 is 1.11 bits per heavy atom. The fraction of sp³-hybridized carbons (Fsp3) is 0.409. The fourth-order valence-electron chi connectivity index (χ4n) is 3.39. The van der Waals surface area contributed by atoms with E-state index in [1.807, 2.05) is 36.4 Å². The summed E-state index contributed by atoms with van der Waals surface area (Å²) in [7, 11) is 0. The normalized spacial score (nSPS) is 16.2. The molecule has 0 bridgehead atoms. The van der Waals surface area contributed by atoms with Gasteiger partial charge in [0.25, 0.3) is 5.91 Å². The molecule has 1 unspecified atom stereocenters. The van der Waals surface area contributed by atoms with Gasteiger partial charge in [0, 0.05) is 13.0 Å². The maximum Gasteiger partial charge on any atom is 0.257 e. The van der Waals surface area contributed by atoms with Crippen LogP contribution >= 0.6 is 12.4 Å². The van der Waals surface area contributed by atoms with E-state index in [1.54, 1.807) is 0 Å². The smallest absolute Gasteiger partial charge is 0.257 e. The molecule has 1 saturated heterocycles. The van der Waals surface area contributed by atoms with Crippen LogP contribution in [0.25, 0.3) is 0 Å². The third kappa shape index (κ3) is 7.24. The summed E-state index contributed by atoms with van der Waals surface area (Å²) in [4.78, 5) is 12.1. The Balaban J connectivity index is 0.00000261. The summed E-state index contributed by atoms with van der Waals surface area (Å²) >= 11 is 0. The summed E-state index contributed by atoms with van der Waals surface area (Å²) < 4.78 is 5.79. The first-order valence-corrected chi connectivity index (χ1v) is 9.53. The van der Waals surface area contributed by atoms with Crippen LogP contribution in [0, 0.1) is 5.92 Å². The van der Waals surface area contributed by atoms with Crippen molar-refractivity contribution in [1.82, 2.24) is 10.6 Å². The van der Waals surface area contributed by atoms with Crippen LogP contribution in [0.1, 0.15) is 30.4 Å². The van der Waals surface area contributed by atoms with E-state index >= 15 is 0 Å². The average molecular weight is 389 g/mol. The van der Waals surface area contributed by atoms with Gasteiger partial charge in [-0.3, -0.25) is 4.79 Å². The van der Waals surface area contributed by atoms with Gasteiger partial charge in [0.1, 0.15) is 5.75 Å². The molecule has 1 heterocycles. The Hall–Kier alpha value is -2.04. The number of amides is 1. The summed E-state index contributed by atoms with van der Waals surface area (Å²) in [6.45, 7) is 2.98. The molecule has 1 amide bonds. The van der Waals surface area contributed by atoms with Crippen LogP contribution in [0.4, 0.5) is 0 Å². The second-order valence-electron chi connectivity index (χ2n) is 6.91. The second kappa shape index (κ2) is 11.6. The molecule has 5 heteroatoms. The molecule has 1 atom stereocenters. The summed E-state index contributed by atoms with van der Waals surface area (Å²) in [5, 5.41) is 6.39. The number of rotatable bonds is 8. The molecule has 0 aliphatic carbocycles. The maximum atomic E-state index is 12.1. The SMILES string of the molecule is Cl.O=C(COc1ccccc1Cc1ccccc1)NCCC1CCCNC1.